The van der Waals surface area contributed by atoms with E-state index in [0.717, 1.165) is 0 Å². The summed E-state index contributed by atoms with van der Waals surface area (Å²) >= 11 is 16.9. The van der Waals surface area contributed by atoms with E-state index in [-0.39, 0.29) is 19.4 Å². The third kappa shape index (κ3) is 11.1. The molecule has 0 N–H and O–H groups in total. The van der Waals surface area contributed by atoms with Gasteiger partial charge in [-0.1, -0.05) is 11.8 Å². The summed E-state index contributed by atoms with van der Waals surface area (Å²) in [5.41, 5.74) is -0.819. The van der Waals surface area contributed by atoms with Gasteiger partial charge in [-0.05, 0) is 27.2 Å². The number of hydrogen-bond acceptors (Lipinski definition) is 6. The van der Waals surface area contributed by atoms with Crippen molar-refractivity contribution in [1.29, 1.82) is 10.5 Å². The molecule has 0 spiro atoms. The highest BCUT2D eigenvalue weighted by Gasteiger charge is 2.27. The Kier molecular flexibility index (Phi) is 8.79. The number of nitriles is 2. The Morgan fingerprint density at radius 2 is 1.83 bits per heavy atom. The molecule has 0 aliphatic carbocycles. The molecule has 0 bridgehead atoms. The molecule has 0 aliphatic rings. The first-order chi connectivity index (χ1) is 10.4. The number of hydrogen-bond donors (Lipinski definition) is 0. The van der Waals surface area contributed by atoms with Crippen molar-refractivity contribution >= 4 is 45.2 Å². The van der Waals surface area contributed by atoms with E-state index < -0.39 is 23.1 Å². The number of carbonyl (C=O) groups is 1. The fourth-order valence-corrected chi connectivity index (χ4v) is 2.29. The summed E-state index contributed by atoms with van der Waals surface area (Å²) in [4.78, 5) is 11.6. The van der Waals surface area contributed by atoms with E-state index in [1.54, 1.807) is 13.8 Å². The first-order valence-electron chi connectivity index (χ1n) is 6.60. The van der Waals surface area contributed by atoms with Crippen molar-refractivity contribution in [2.75, 3.05) is 6.61 Å². The average Bonchev–Trinajstić information content (AvgIpc) is 2.47. The van der Waals surface area contributed by atoms with Crippen molar-refractivity contribution in [3.63, 3.8) is 0 Å². The highest BCUT2D eigenvalue weighted by atomic mass is 35.8. The van der Waals surface area contributed by atoms with Crippen LogP contribution < -0.4 is 0 Å². The smallest absolute Gasteiger partial charge is 0.365 e. The van der Waals surface area contributed by atoms with E-state index in [4.69, 9.17) is 43.2 Å². The summed E-state index contributed by atoms with van der Waals surface area (Å²) in [5.74, 6) is -0.503. The highest BCUT2D eigenvalue weighted by molar-refractivity contribution is 7.66. The zero-order valence-electron chi connectivity index (χ0n) is 13.0. The molecule has 1 unspecified atom stereocenters. The van der Waals surface area contributed by atoms with Crippen molar-refractivity contribution in [2.24, 2.45) is 10.2 Å². The third-order valence-corrected chi connectivity index (χ3v) is 4.25. The third-order valence-electron chi connectivity index (χ3n) is 2.50. The second-order valence-electron chi connectivity index (χ2n) is 5.38. The van der Waals surface area contributed by atoms with Crippen molar-refractivity contribution in [2.45, 2.75) is 44.7 Å². The maximum atomic E-state index is 11.6. The number of rotatable bonds is 8. The van der Waals surface area contributed by atoms with Crippen molar-refractivity contribution in [3.8, 4) is 12.1 Å². The molecule has 10 heteroatoms. The molecule has 23 heavy (non-hydrogen) atoms. The minimum atomic E-state index is -2.87. The topological polar surface area (TPSA) is 98.6 Å². The van der Waals surface area contributed by atoms with Crippen LogP contribution in [0.2, 0.25) is 0 Å². The van der Waals surface area contributed by atoms with E-state index in [1.807, 2.05) is 12.1 Å². The van der Waals surface area contributed by atoms with Crippen LogP contribution in [-0.4, -0.2) is 29.7 Å². The molecule has 0 saturated heterocycles. The maximum Gasteiger partial charge on any atom is 0.365 e. The molecule has 0 aromatic rings. The van der Waals surface area contributed by atoms with E-state index in [1.165, 1.54) is 18.7 Å². The summed E-state index contributed by atoms with van der Waals surface area (Å²) in [6, 6.07) is 1.06. The first kappa shape index (κ1) is 21.9. The SMILES string of the molecule is CC(C)(C#N)N=NC(C)(C#N)CCC(=O)OC/C=C/[Si](Cl)(Cl)Cl. The molecule has 0 amide bonds. The molecule has 0 saturated carbocycles. The van der Waals surface area contributed by atoms with Crippen LogP contribution in [0.3, 0.4) is 0 Å². The number of ether oxygens (including phenoxy) is 1. The molecule has 6 nitrogen and oxygen atoms in total. The van der Waals surface area contributed by atoms with Crippen molar-refractivity contribution < 1.29 is 9.53 Å². The average molecular weight is 396 g/mol. The fourth-order valence-electron chi connectivity index (χ4n) is 1.13. The monoisotopic (exact) mass is 394 g/mol. The lowest BCUT2D eigenvalue weighted by molar-refractivity contribution is -0.142. The number of esters is 1. The molecule has 0 aromatic carbocycles. The van der Waals surface area contributed by atoms with Crippen LogP contribution in [0.1, 0.15) is 33.6 Å². The minimum absolute atomic E-state index is 0.00794. The predicted octanol–water partition coefficient (Wildman–Crippen LogP) is 4.10. The lowest BCUT2D eigenvalue weighted by Crippen LogP contribution is -2.23. The molecular formula is C13H17Cl3N4O2Si. The fraction of sp³-hybridized carbons (Fsp3) is 0.615. The second kappa shape index (κ2) is 9.24. The van der Waals surface area contributed by atoms with Gasteiger partial charge in [0.05, 0.1) is 12.1 Å². The van der Waals surface area contributed by atoms with Crippen LogP contribution in [0.5, 0.6) is 0 Å². The van der Waals surface area contributed by atoms with E-state index in [2.05, 4.69) is 10.2 Å². The molecule has 0 aliphatic heterocycles. The molecule has 0 fully saturated rings. The summed E-state index contributed by atoms with van der Waals surface area (Å²) in [6.07, 6.45) is 1.57. The van der Waals surface area contributed by atoms with Gasteiger partial charge in [0.2, 0.25) is 0 Å². The van der Waals surface area contributed by atoms with Gasteiger partial charge in [-0.25, -0.2) is 0 Å². The lowest BCUT2D eigenvalue weighted by atomic mass is 9.99. The lowest BCUT2D eigenvalue weighted by Gasteiger charge is -2.16. The first-order valence-corrected chi connectivity index (χ1v) is 11.7. The predicted molar refractivity (Wildman–Crippen MR) is 91.2 cm³/mol. The minimum Gasteiger partial charge on any atom is -0.461 e. The van der Waals surface area contributed by atoms with E-state index in [0.29, 0.717) is 0 Å². The number of halogens is 3. The summed E-state index contributed by atoms with van der Waals surface area (Å²) < 4.78 is 4.93. The van der Waals surface area contributed by atoms with Gasteiger partial charge >= 0.3 is 12.0 Å². The normalized spacial score (nSPS) is 15.1. The Morgan fingerprint density at radius 1 is 1.22 bits per heavy atom. The Morgan fingerprint density at radius 3 is 2.30 bits per heavy atom. The van der Waals surface area contributed by atoms with E-state index >= 15 is 0 Å². The number of carbonyl (C=O) groups excluding carboxylic acids is 1. The van der Waals surface area contributed by atoms with Crippen LogP contribution in [0.25, 0.3) is 0 Å². The van der Waals surface area contributed by atoms with Gasteiger partial charge in [-0.15, -0.1) is 33.2 Å². The van der Waals surface area contributed by atoms with Crippen LogP contribution in [0.15, 0.2) is 22.0 Å². The van der Waals surface area contributed by atoms with Crippen LogP contribution in [0, 0.1) is 22.7 Å². The second-order valence-corrected chi connectivity index (χ2v) is 13.9. The number of azo groups is 1. The van der Waals surface area contributed by atoms with Crippen LogP contribution in [0.4, 0.5) is 0 Å². The van der Waals surface area contributed by atoms with E-state index in [9.17, 15) is 10.1 Å². The molecule has 0 rings (SSSR count). The van der Waals surface area contributed by atoms with Gasteiger partial charge in [0, 0.05) is 6.42 Å². The Labute approximate surface area is 150 Å². The largest absolute Gasteiger partial charge is 0.461 e. The molecule has 0 radical (unpaired) electrons. The quantitative estimate of drug-likeness (QED) is 0.267. The molecular weight excluding hydrogens is 379 g/mol. The summed E-state index contributed by atoms with van der Waals surface area (Å²) in [5, 5.41) is 25.8. The maximum absolute atomic E-state index is 11.6. The molecule has 1 atom stereocenters. The van der Waals surface area contributed by atoms with Gasteiger partial charge in [-0.3, -0.25) is 4.79 Å². The zero-order chi connectivity index (χ0) is 18.1. The Balaban J connectivity index is 4.46. The molecule has 126 valence electrons. The highest BCUT2D eigenvalue weighted by Crippen LogP contribution is 2.21. The van der Waals surface area contributed by atoms with Gasteiger partial charge in [-0.2, -0.15) is 20.8 Å². The van der Waals surface area contributed by atoms with Gasteiger partial charge in [0.15, 0.2) is 11.1 Å². The van der Waals surface area contributed by atoms with Crippen LogP contribution >= 0.6 is 33.2 Å². The Bertz CT molecular complexity index is 561. The summed E-state index contributed by atoms with van der Waals surface area (Å²) in [7, 11) is 0. The standard InChI is InChI=1S/C13H17Cl3N4O2Si/c1-12(2,9-17)19-20-13(3,10-18)6-5-11(21)22-7-4-8-23(14,15)16/h4,8H,5-7H2,1-3H3/b8-4+,20-19?. The van der Waals surface area contributed by atoms with Gasteiger partial charge < -0.3 is 4.74 Å². The molecule has 0 heterocycles. The van der Waals surface area contributed by atoms with Gasteiger partial charge in [0.1, 0.15) is 6.61 Å². The summed E-state index contributed by atoms with van der Waals surface area (Å²) in [6.45, 7) is 4.67. The number of nitrogens with zero attached hydrogens (tertiary/aromatic N) is 4. The molecule has 0 aromatic heterocycles. The van der Waals surface area contributed by atoms with Crippen LogP contribution in [-0.2, 0) is 9.53 Å². The zero-order valence-corrected chi connectivity index (χ0v) is 16.3. The van der Waals surface area contributed by atoms with Crippen molar-refractivity contribution in [3.05, 3.63) is 11.8 Å². The van der Waals surface area contributed by atoms with Gasteiger partial charge in [0.25, 0.3) is 0 Å². The Hall–Kier alpha value is -1.12. The van der Waals surface area contributed by atoms with Crippen molar-refractivity contribution in [1.82, 2.24) is 0 Å².